The molecule has 3 heteroatoms. The summed E-state index contributed by atoms with van der Waals surface area (Å²) in [4.78, 5) is 0. The van der Waals surface area contributed by atoms with Gasteiger partial charge in [0.05, 0.1) is 0 Å². The summed E-state index contributed by atoms with van der Waals surface area (Å²) in [6.07, 6.45) is 1.95. The molecule has 0 radical (unpaired) electrons. The van der Waals surface area contributed by atoms with Crippen molar-refractivity contribution in [2.75, 3.05) is 0 Å². The molecule has 0 aliphatic carbocycles. The Morgan fingerprint density at radius 1 is 0.565 bits per heavy atom. The van der Waals surface area contributed by atoms with E-state index in [-0.39, 0.29) is 0 Å². The molecule has 0 fully saturated rings. The van der Waals surface area contributed by atoms with Gasteiger partial charge in [0.1, 0.15) is 11.5 Å². The van der Waals surface area contributed by atoms with E-state index in [1.807, 2.05) is 30.3 Å². The SMILES string of the molecule is Oc1ccc(CP(Cc2ccc(O)cc2)c2ccccc2)cc1. The van der Waals surface area contributed by atoms with Gasteiger partial charge in [-0.2, -0.15) is 0 Å². The Kier molecular flexibility index (Phi) is 4.95. The molecule has 3 aromatic carbocycles. The van der Waals surface area contributed by atoms with Crippen molar-refractivity contribution in [2.45, 2.75) is 12.3 Å². The van der Waals surface area contributed by atoms with Crippen LogP contribution >= 0.6 is 7.92 Å². The van der Waals surface area contributed by atoms with Crippen LogP contribution in [0.2, 0.25) is 0 Å². The molecule has 0 amide bonds. The van der Waals surface area contributed by atoms with Crippen LogP contribution in [0.4, 0.5) is 0 Å². The van der Waals surface area contributed by atoms with Gasteiger partial charge in [-0.25, -0.2) is 0 Å². The van der Waals surface area contributed by atoms with E-state index >= 15 is 0 Å². The Balaban J connectivity index is 1.84. The van der Waals surface area contributed by atoms with Crippen LogP contribution in [0.5, 0.6) is 11.5 Å². The summed E-state index contributed by atoms with van der Waals surface area (Å²) in [5.74, 6) is 0.604. The summed E-state index contributed by atoms with van der Waals surface area (Å²) in [6, 6.07) is 25.5. The second-order valence-electron chi connectivity index (χ2n) is 5.52. The van der Waals surface area contributed by atoms with Crippen molar-refractivity contribution in [2.24, 2.45) is 0 Å². The van der Waals surface area contributed by atoms with Crippen LogP contribution in [0.25, 0.3) is 0 Å². The Bertz CT molecular complexity index is 689. The van der Waals surface area contributed by atoms with Gasteiger partial charge in [0.2, 0.25) is 0 Å². The molecule has 3 aromatic rings. The lowest BCUT2D eigenvalue weighted by Gasteiger charge is -2.19. The van der Waals surface area contributed by atoms with Crippen LogP contribution in [-0.4, -0.2) is 10.2 Å². The van der Waals surface area contributed by atoms with Gasteiger partial charge in [-0.05, 0) is 53.0 Å². The van der Waals surface area contributed by atoms with Crippen molar-refractivity contribution in [1.82, 2.24) is 0 Å². The van der Waals surface area contributed by atoms with Crippen molar-refractivity contribution in [3.05, 3.63) is 90.0 Å². The summed E-state index contributed by atoms with van der Waals surface area (Å²) in [5.41, 5.74) is 2.47. The Morgan fingerprint density at radius 3 is 1.43 bits per heavy atom. The Hall–Kier alpha value is -2.31. The molecule has 2 N–H and O–H groups in total. The minimum Gasteiger partial charge on any atom is -0.508 e. The molecule has 0 aliphatic heterocycles. The van der Waals surface area contributed by atoms with Crippen molar-refractivity contribution < 1.29 is 10.2 Å². The van der Waals surface area contributed by atoms with E-state index in [1.54, 1.807) is 24.3 Å². The molecule has 23 heavy (non-hydrogen) atoms. The van der Waals surface area contributed by atoms with E-state index in [1.165, 1.54) is 16.4 Å². The third-order valence-corrected chi connectivity index (χ3v) is 6.26. The van der Waals surface area contributed by atoms with Crippen molar-refractivity contribution in [3.8, 4) is 11.5 Å². The van der Waals surface area contributed by atoms with Gasteiger partial charge in [-0.15, -0.1) is 0 Å². The molecule has 3 rings (SSSR count). The topological polar surface area (TPSA) is 40.5 Å². The van der Waals surface area contributed by atoms with E-state index in [4.69, 9.17) is 0 Å². The third-order valence-electron chi connectivity index (χ3n) is 3.74. The largest absolute Gasteiger partial charge is 0.508 e. The Morgan fingerprint density at radius 2 is 1.00 bits per heavy atom. The van der Waals surface area contributed by atoms with Gasteiger partial charge in [0.15, 0.2) is 0 Å². The van der Waals surface area contributed by atoms with E-state index in [2.05, 4.69) is 24.3 Å². The molecule has 0 atom stereocenters. The summed E-state index contributed by atoms with van der Waals surface area (Å²) >= 11 is 0. The van der Waals surface area contributed by atoms with Crippen LogP contribution in [0.15, 0.2) is 78.9 Å². The lowest BCUT2D eigenvalue weighted by Crippen LogP contribution is -2.04. The monoisotopic (exact) mass is 322 g/mol. The second-order valence-corrected chi connectivity index (χ2v) is 7.75. The van der Waals surface area contributed by atoms with Crippen LogP contribution < -0.4 is 5.30 Å². The molecule has 0 saturated carbocycles. The molecule has 116 valence electrons. The van der Waals surface area contributed by atoms with Gasteiger partial charge < -0.3 is 10.2 Å². The maximum absolute atomic E-state index is 9.45. The average molecular weight is 322 g/mol. The van der Waals surface area contributed by atoms with Crippen LogP contribution in [0.3, 0.4) is 0 Å². The fourth-order valence-corrected chi connectivity index (χ4v) is 4.89. The molecule has 0 aromatic heterocycles. The van der Waals surface area contributed by atoms with Crippen molar-refractivity contribution in [1.29, 1.82) is 0 Å². The minimum atomic E-state index is -0.391. The first-order chi connectivity index (χ1) is 11.2. The smallest absolute Gasteiger partial charge is 0.115 e. The fourth-order valence-electron chi connectivity index (χ4n) is 2.52. The zero-order valence-electron chi connectivity index (χ0n) is 12.8. The summed E-state index contributed by atoms with van der Waals surface area (Å²) in [7, 11) is -0.391. The predicted octanol–water partition coefficient (Wildman–Crippen LogP) is 4.61. The maximum atomic E-state index is 9.45. The van der Waals surface area contributed by atoms with E-state index in [9.17, 15) is 10.2 Å². The molecule has 0 aliphatic rings. The number of benzene rings is 3. The summed E-state index contributed by atoms with van der Waals surface area (Å²) in [5, 5.41) is 20.3. The van der Waals surface area contributed by atoms with Crippen LogP contribution in [0, 0.1) is 0 Å². The van der Waals surface area contributed by atoms with Gasteiger partial charge in [0.25, 0.3) is 0 Å². The highest BCUT2D eigenvalue weighted by Gasteiger charge is 2.13. The molecule has 0 heterocycles. The number of aromatic hydroxyl groups is 2. The van der Waals surface area contributed by atoms with E-state index < -0.39 is 7.92 Å². The maximum Gasteiger partial charge on any atom is 0.115 e. The van der Waals surface area contributed by atoms with Gasteiger partial charge in [-0.3, -0.25) is 0 Å². The van der Waals surface area contributed by atoms with Crippen LogP contribution in [-0.2, 0) is 12.3 Å². The predicted molar refractivity (Wildman–Crippen MR) is 96.6 cm³/mol. The zero-order chi connectivity index (χ0) is 16.1. The molecule has 0 spiro atoms. The number of phenols is 2. The molecule has 0 saturated heterocycles. The van der Waals surface area contributed by atoms with Gasteiger partial charge >= 0.3 is 0 Å². The fraction of sp³-hybridized carbons (Fsp3) is 0.100. The lowest BCUT2D eigenvalue weighted by molar-refractivity contribution is 0.474. The molecule has 2 nitrogen and oxygen atoms in total. The minimum absolute atomic E-state index is 0.302. The van der Waals surface area contributed by atoms with Gasteiger partial charge in [-0.1, -0.05) is 62.5 Å². The highest BCUT2D eigenvalue weighted by Crippen LogP contribution is 2.42. The third kappa shape index (κ3) is 4.34. The highest BCUT2D eigenvalue weighted by atomic mass is 31.1. The first-order valence-corrected chi connectivity index (χ1v) is 9.28. The second kappa shape index (κ2) is 7.30. The van der Waals surface area contributed by atoms with E-state index in [0.29, 0.717) is 11.5 Å². The van der Waals surface area contributed by atoms with Crippen molar-refractivity contribution >= 4 is 13.2 Å². The summed E-state index contributed by atoms with van der Waals surface area (Å²) < 4.78 is 0. The Labute approximate surface area is 137 Å². The number of rotatable bonds is 5. The first-order valence-electron chi connectivity index (χ1n) is 7.56. The zero-order valence-corrected chi connectivity index (χ0v) is 13.7. The lowest BCUT2D eigenvalue weighted by atomic mass is 10.2. The number of phenolic OH excluding ortho intramolecular Hbond substituents is 2. The number of hydrogen-bond donors (Lipinski definition) is 2. The average Bonchev–Trinajstić information content (AvgIpc) is 2.59. The standard InChI is InChI=1S/C20H19O2P/c21-18-10-6-16(7-11-18)14-23(20-4-2-1-3-5-20)15-17-8-12-19(22)13-9-17/h1-13,21-22H,14-15H2. The van der Waals surface area contributed by atoms with Gasteiger partial charge in [0, 0.05) is 0 Å². The quantitative estimate of drug-likeness (QED) is 0.674. The van der Waals surface area contributed by atoms with E-state index in [0.717, 1.165) is 12.3 Å². The molecule has 0 unspecified atom stereocenters. The van der Waals surface area contributed by atoms with Crippen molar-refractivity contribution in [3.63, 3.8) is 0 Å². The molecular weight excluding hydrogens is 303 g/mol. The molecular formula is C20H19O2P. The summed E-state index contributed by atoms with van der Waals surface area (Å²) in [6.45, 7) is 0. The first kappa shape index (κ1) is 15.6. The van der Waals surface area contributed by atoms with Crippen LogP contribution in [0.1, 0.15) is 11.1 Å². The normalized spacial score (nSPS) is 10.8. The number of hydrogen-bond acceptors (Lipinski definition) is 2. The molecule has 0 bridgehead atoms. The highest BCUT2D eigenvalue weighted by molar-refractivity contribution is 7.64.